The Morgan fingerprint density at radius 2 is 1.70 bits per heavy atom. The number of carbonyl (C=O) groups is 1. The first-order chi connectivity index (χ1) is 13.3. The summed E-state index contributed by atoms with van der Waals surface area (Å²) in [6.45, 7) is 3.44. The Bertz CT molecular complexity index is 896. The van der Waals surface area contributed by atoms with Crippen LogP contribution in [0.5, 0.6) is 0 Å². The lowest BCUT2D eigenvalue weighted by Gasteiger charge is -2.36. The van der Waals surface area contributed by atoms with Crippen LogP contribution in [0.25, 0.3) is 10.9 Å². The van der Waals surface area contributed by atoms with E-state index in [4.69, 9.17) is 0 Å². The SMILES string of the molecule is O=C(CCCc1cccc2ncccc12)N1CCN(c2ccccc2)CC1. The van der Waals surface area contributed by atoms with Crippen molar-refractivity contribution in [3.63, 3.8) is 0 Å². The average molecular weight is 359 g/mol. The lowest BCUT2D eigenvalue weighted by Crippen LogP contribution is -2.48. The van der Waals surface area contributed by atoms with Crippen LogP contribution in [0.4, 0.5) is 5.69 Å². The van der Waals surface area contributed by atoms with Gasteiger partial charge in [-0.05, 0) is 42.7 Å². The number of anilines is 1. The van der Waals surface area contributed by atoms with Crippen molar-refractivity contribution in [1.29, 1.82) is 0 Å². The van der Waals surface area contributed by atoms with E-state index < -0.39 is 0 Å². The van der Waals surface area contributed by atoms with Crippen molar-refractivity contribution in [2.75, 3.05) is 31.1 Å². The van der Waals surface area contributed by atoms with Crippen molar-refractivity contribution >= 4 is 22.5 Å². The first kappa shape index (κ1) is 17.5. The number of nitrogens with zero attached hydrogens (tertiary/aromatic N) is 3. The third-order valence-corrected chi connectivity index (χ3v) is 5.33. The van der Waals surface area contributed by atoms with Gasteiger partial charge in [0.2, 0.25) is 5.91 Å². The summed E-state index contributed by atoms with van der Waals surface area (Å²) in [5.74, 6) is 0.279. The highest BCUT2D eigenvalue weighted by atomic mass is 16.2. The molecule has 0 bridgehead atoms. The van der Waals surface area contributed by atoms with Crippen molar-refractivity contribution in [3.05, 3.63) is 72.4 Å². The van der Waals surface area contributed by atoms with E-state index in [9.17, 15) is 4.79 Å². The van der Waals surface area contributed by atoms with Gasteiger partial charge in [-0.3, -0.25) is 9.78 Å². The second-order valence-electron chi connectivity index (χ2n) is 7.04. The molecule has 0 spiro atoms. The minimum absolute atomic E-state index is 0.279. The van der Waals surface area contributed by atoms with E-state index in [0.717, 1.165) is 44.5 Å². The van der Waals surface area contributed by atoms with Crippen LogP contribution in [0.15, 0.2) is 66.9 Å². The van der Waals surface area contributed by atoms with Gasteiger partial charge < -0.3 is 9.80 Å². The Morgan fingerprint density at radius 3 is 2.52 bits per heavy atom. The Kier molecular flexibility index (Phi) is 5.33. The summed E-state index contributed by atoms with van der Waals surface area (Å²) in [6.07, 6.45) is 4.23. The smallest absolute Gasteiger partial charge is 0.222 e. The topological polar surface area (TPSA) is 36.4 Å². The van der Waals surface area contributed by atoms with Gasteiger partial charge in [0.05, 0.1) is 5.52 Å². The van der Waals surface area contributed by atoms with Gasteiger partial charge in [-0.2, -0.15) is 0 Å². The molecule has 1 aromatic heterocycles. The van der Waals surface area contributed by atoms with Crippen LogP contribution in [-0.2, 0) is 11.2 Å². The van der Waals surface area contributed by atoms with Crippen LogP contribution >= 0.6 is 0 Å². The molecule has 1 amide bonds. The van der Waals surface area contributed by atoms with Crippen molar-refractivity contribution in [2.24, 2.45) is 0 Å². The predicted octanol–water partition coefficient (Wildman–Crippen LogP) is 3.91. The summed E-state index contributed by atoms with van der Waals surface area (Å²) in [5.41, 5.74) is 3.55. The van der Waals surface area contributed by atoms with Crippen LogP contribution in [0.3, 0.4) is 0 Å². The van der Waals surface area contributed by atoms with Crippen LogP contribution < -0.4 is 4.90 Å². The van der Waals surface area contributed by atoms with Crippen LogP contribution in [0, 0.1) is 0 Å². The van der Waals surface area contributed by atoms with E-state index in [2.05, 4.69) is 52.3 Å². The maximum atomic E-state index is 12.6. The van der Waals surface area contributed by atoms with Gasteiger partial charge in [0, 0.05) is 49.9 Å². The number of para-hydroxylation sites is 1. The van der Waals surface area contributed by atoms with E-state index in [1.165, 1.54) is 16.6 Å². The molecule has 1 fully saturated rings. The number of rotatable bonds is 5. The van der Waals surface area contributed by atoms with E-state index in [1.54, 1.807) is 0 Å². The first-order valence-corrected chi connectivity index (χ1v) is 9.72. The molecule has 4 heteroatoms. The second-order valence-corrected chi connectivity index (χ2v) is 7.04. The molecule has 0 radical (unpaired) electrons. The number of aromatic nitrogens is 1. The van der Waals surface area contributed by atoms with E-state index in [0.29, 0.717) is 6.42 Å². The van der Waals surface area contributed by atoms with E-state index in [-0.39, 0.29) is 5.91 Å². The van der Waals surface area contributed by atoms with Crippen molar-refractivity contribution in [1.82, 2.24) is 9.88 Å². The van der Waals surface area contributed by atoms with Gasteiger partial charge in [0.15, 0.2) is 0 Å². The van der Waals surface area contributed by atoms with Gasteiger partial charge in [-0.15, -0.1) is 0 Å². The zero-order valence-electron chi connectivity index (χ0n) is 15.6. The van der Waals surface area contributed by atoms with E-state index >= 15 is 0 Å². The molecule has 1 aliphatic heterocycles. The molecule has 0 saturated carbocycles. The molecule has 27 heavy (non-hydrogen) atoms. The number of pyridine rings is 1. The molecule has 1 saturated heterocycles. The second kappa shape index (κ2) is 8.21. The summed E-state index contributed by atoms with van der Waals surface area (Å²) < 4.78 is 0. The van der Waals surface area contributed by atoms with Gasteiger partial charge in [0.1, 0.15) is 0 Å². The molecule has 2 heterocycles. The van der Waals surface area contributed by atoms with Crippen LogP contribution in [-0.4, -0.2) is 42.0 Å². The Morgan fingerprint density at radius 1 is 0.889 bits per heavy atom. The van der Waals surface area contributed by atoms with Crippen molar-refractivity contribution < 1.29 is 4.79 Å². The minimum atomic E-state index is 0.279. The molecule has 0 aliphatic carbocycles. The Hall–Kier alpha value is -2.88. The van der Waals surface area contributed by atoms with Crippen molar-refractivity contribution in [3.8, 4) is 0 Å². The zero-order valence-corrected chi connectivity index (χ0v) is 15.6. The normalized spacial score (nSPS) is 14.5. The molecule has 3 aromatic rings. The number of hydrogen-bond donors (Lipinski definition) is 0. The van der Waals surface area contributed by atoms with E-state index in [1.807, 2.05) is 29.3 Å². The number of amides is 1. The Labute approximate surface area is 160 Å². The fourth-order valence-electron chi connectivity index (χ4n) is 3.83. The zero-order chi connectivity index (χ0) is 18.5. The Balaban J connectivity index is 1.28. The van der Waals surface area contributed by atoms with Gasteiger partial charge >= 0.3 is 0 Å². The molecule has 4 nitrogen and oxygen atoms in total. The summed E-state index contributed by atoms with van der Waals surface area (Å²) >= 11 is 0. The lowest BCUT2D eigenvalue weighted by atomic mass is 10.0. The van der Waals surface area contributed by atoms with Crippen molar-refractivity contribution in [2.45, 2.75) is 19.3 Å². The molecule has 0 unspecified atom stereocenters. The monoisotopic (exact) mass is 359 g/mol. The molecule has 4 rings (SSSR count). The molecule has 138 valence electrons. The first-order valence-electron chi connectivity index (χ1n) is 9.72. The summed E-state index contributed by atoms with van der Waals surface area (Å²) in [4.78, 5) is 21.4. The molecule has 1 aliphatic rings. The highest BCUT2D eigenvalue weighted by Gasteiger charge is 2.20. The number of aryl methyl sites for hydroxylation is 1. The number of benzene rings is 2. The largest absolute Gasteiger partial charge is 0.368 e. The van der Waals surface area contributed by atoms with Gasteiger partial charge in [-0.1, -0.05) is 36.4 Å². The number of piperazine rings is 1. The number of fused-ring (bicyclic) bond motifs is 1. The predicted molar refractivity (Wildman–Crippen MR) is 110 cm³/mol. The standard InChI is InChI=1S/C23H25N3O/c27-23(26-17-15-25(16-18-26)20-9-2-1-3-10-20)13-5-8-19-7-4-12-22-21(19)11-6-14-24-22/h1-4,6-7,9-12,14H,5,8,13,15-18H2. The summed E-state index contributed by atoms with van der Waals surface area (Å²) in [6, 6.07) is 20.8. The third-order valence-electron chi connectivity index (χ3n) is 5.33. The summed E-state index contributed by atoms with van der Waals surface area (Å²) in [7, 11) is 0. The number of hydrogen-bond acceptors (Lipinski definition) is 3. The maximum Gasteiger partial charge on any atom is 0.222 e. The van der Waals surface area contributed by atoms with Gasteiger partial charge in [0.25, 0.3) is 0 Å². The molecule has 2 aromatic carbocycles. The lowest BCUT2D eigenvalue weighted by molar-refractivity contribution is -0.131. The number of carbonyl (C=O) groups excluding carboxylic acids is 1. The molecule has 0 N–H and O–H groups in total. The summed E-state index contributed by atoms with van der Waals surface area (Å²) in [5, 5.41) is 1.20. The van der Waals surface area contributed by atoms with Crippen LogP contribution in [0.1, 0.15) is 18.4 Å². The molecular formula is C23H25N3O. The van der Waals surface area contributed by atoms with Crippen LogP contribution in [0.2, 0.25) is 0 Å². The minimum Gasteiger partial charge on any atom is -0.368 e. The fraction of sp³-hybridized carbons (Fsp3) is 0.304. The van der Waals surface area contributed by atoms with Gasteiger partial charge in [-0.25, -0.2) is 0 Å². The fourth-order valence-corrected chi connectivity index (χ4v) is 3.83. The maximum absolute atomic E-state index is 12.6. The highest BCUT2D eigenvalue weighted by Crippen LogP contribution is 2.19. The molecular weight excluding hydrogens is 334 g/mol. The average Bonchev–Trinajstić information content (AvgIpc) is 2.74. The quantitative estimate of drug-likeness (QED) is 0.693. The molecule has 0 atom stereocenters. The highest BCUT2D eigenvalue weighted by molar-refractivity contribution is 5.82. The third kappa shape index (κ3) is 4.11.